The standard InChI is InChI=1S/C22H17N3O5/c1-28-16-8-13-14(9-17(16)29-2)23-11-24-21(13)25-15-10-18(26)22(20(30-22)19(15)27)12-6-4-3-5-7-12/h3-9,11,20H,10H2,1-2H3. The van der Waals surface area contributed by atoms with Crippen LogP contribution in [-0.2, 0) is 19.9 Å². The van der Waals surface area contributed by atoms with E-state index in [4.69, 9.17) is 14.2 Å². The number of carbonyl (C=O) groups is 2. The highest BCUT2D eigenvalue weighted by molar-refractivity contribution is 6.49. The van der Waals surface area contributed by atoms with Gasteiger partial charge in [-0.05, 0) is 11.6 Å². The Morgan fingerprint density at radius 2 is 1.80 bits per heavy atom. The number of nitrogens with zero attached hydrogens (tertiary/aromatic N) is 3. The van der Waals surface area contributed by atoms with Crippen LogP contribution in [0.1, 0.15) is 12.0 Å². The zero-order chi connectivity index (χ0) is 20.9. The molecule has 0 radical (unpaired) electrons. The van der Waals surface area contributed by atoms with Gasteiger partial charge in [-0.2, -0.15) is 0 Å². The quantitative estimate of drug-likeness (QED) is 0.617. The maximum absolute atomic E-state index is 13.0. The number of aromatic nitrogens is 2. The number of aliphatic imine (C=N–C) groups is 1. The molecule has 8 heteroatoms. The summed E-state index contributed by atoms with van der Waals surface area (Å²) in [6, 6.07) is 12.5. The second kappa shape index (κ2) is 6.70. The van der Waals surface area contributed by atoms with Crippen molar-refractivity contribution in [2.75, 3.05) is 14.2 Å². The van der Waals surface area contributed by atoms with Gasteiger partial charge in [0.1, 0.15) is 6.33 Å². The van der Waals surface area contributed by atoms with Crippen molar-refractivity contribution in [3.63, 3.8) is 0 Å². The molecule has 8 nitrogen and oxygen atoms in total. The van der Waals surface area contributed by atoms with Gasteiger partial charge in [0.15, 0.2) is 34.8 Å². The van der Waals surface area contributed by atoms with Gasteiger partial charge in [-0.15, -0.1) is 0 Å². The Hall–Kier alpha value is -3.65. The van der Waals surface area contributed by atoms with Crippen molar-refractivity contribution in [1.82, 2.24) is 9.97 Å². The number of ether oxygens (including phenoxy) is 3. The van der Waals surface area contributed by atoms with Gasteiger partial charge in [0.25, 0.3) is 0 Å². The van der Waals surface area contributed by atoms with Crippen LogP contribution in [0.5, 0.6) is 11.5 Å². The molecule has 2 aromatic carbocycles. The maximum atomic E-state index is 13.0. The molecule has 0 amide bonds. The third-order valence-electron chi connectivity index (χ3n) is 5.44. The van der Waals surface area contributed by atoms with E-state index in [9.17, 15) is 9.59 Å². The Morgan fingerprint density at radius 3 is 2.53 bits per heavy atom. The first kappa shape index (κ1) is 18.4. The van der Waals surface area contributed by atoms with E-state index in [1.54, 1.807) is 24.3 Å². The van der Waals surface area contributed by atoms with Gasteiger partial charge in [0.2, 0.25) is 5.78 Å². The second-order valence-electron chi connectivity index (χ2n) is 7.04. The van der Waals surface area contributed by atoms with Crippen molar-refractivity contribution in [2.45, 2.75) is 18.1 Å². The molecule has 1 aromatic heterocycles. The van der Waals surface area contributed by atoms with Gasteiger partial charge < -0.3 is 14.2 Å². The summed E-state index contributed by atoms with van der Waals surface area (Å²) in [5.41, 5.74) is 0.222. The zero-order valence-electron chi connectivity index (χ0n) is 16.3. The lowest BCUT2D eigenvalue weighted by Crippen LogP contribution is -2.39. The lowest BCUT2D eigenvalue weighted by atomic mass is 9.81. The summed E-state index contributed by atoms with van der Waals surface area (Å²) in [6.45, 7) is 0. The molecule has 2 unspecified atom stereocenters. The SMILES string of the molecule is COc1cc2ncnc(N=C3CC(=O)C4(c5ccccc5)OC4C3=O)c2cc1OC. The third-order valence-corrected chi connectivity index (χ3v) is 5.44. The number of carbonyl (C=O) groups excluding carboxylic acids is 2. The van der Waals surface area contributed by atoms with Crippen molar-refractivity contribution in [3.8, 4) is 11.5 Å². The monoisotopic (exact) mass is 403 g/mol. The molecule has 0 N–H and O–H groups in total. The molecule has 2 atom stereocenters. The number of methoxy groups -OCH3 is 2. The van der Waals surface area contributed by atoms with Crippen LogP contribution in [0, 0.1) is 0 Å². The van der Waals surface area contributed by atoms with E-state index >= 15 is 0 Å². The molecule has 2 aliphatic rings. The number of hydrogen-bond donors (Lipinski definition) is 0. The normalized spacial score (nSPS) is 24.1. The van der Waals surface area contributed by atoms with E-state index in [-0.39, 0.29) is 29.5 Å². The molecular formula is C22H17N3O5. The van der Waals surface area contributed by atoms with E-state index in [0.717, 1.165) is 0 Å². The Morgan fingerprint density at radius 1 is 1.07 bits per heavy atom. The van der Waals surface area contributed by atoms with Crippen molar-refractivity contribution in [2.24, 2.45) is 4.99 Å². The lowest BCUT2D eigenvalue weighted by Gasteiger charge is -2.17. The van der Waals surface area contributed by atoms with E-state index in [1.807, 2.05) is 18.2 Å². The topological polar surface area (TPSA) is 103 Å². The molecule has 1 saturated carbocycles. The predicted octanol–water partition coefficient (Wildman–Crippen LogP) is 2.56. The van der Waals surface area contributed by atoms with Crippen LogP contribution in [0.25, 0.3) is 10.9 Å². The first-order chi connectivity index (χ1) is 14.6. The van der Waals surface area contributed by atoms with Crippen LogP contribution in [-0.4, -0.2) is 47.6 Å². The number of fused-ring (bicyclic) bond motifs is 2. The van der Waals surface area contributed by atoms with Crippen LogP contribution in [0.15, 0.2) is 53.8 Å². The average molecular weight is 403 g/mol. The first-order valence-electron chi connectivity index (χ1n) is 9.33. The Balaban J connectivity index is 1.55. The van der Waals surface area contributed by atoms with Crippen LogP contribution < -0.4 is 9.47 Å². The van der Waals surface area contributed by atoms with Crippen LogP contribution in [0.2, 0.25) is 0 Å². The molecule has 5 rings (SSSR count). The minimum absolute atomic E-state index is 0.122. The molecule has 2 fully saturated rings. The van der Waals surface area contributed by atoms with Gasteiger partial charge in [-0.3, -0.25) is 9.59 Å². The molecule has 1 aliphatic heterocycles. The average Bonchev–Trinajstić information content (AvgIpc) is 3.55. The molecule has 2 heterocycles. The van der Waals surface area contributed by atoms with Crippen molar-refractivity contribution in [1.29, 1.82) is 0 Å². The lowest BCUT2D eigenvalue weighted by molar-refractivity contribution is -0.125. The second-order valence-corrected chi connectivity index (χ2v) is 7.04. The summed E-state index contributed by atoms with van der Waals surface area (Å²) in [5, 5.41) is 0.583. The summed E-state index contributed by atoms with van der Waals surface area (Å²) in [5.74, 6) is 0.802. The van der Waals surface area contributed by atoms with Gasteiger partial charge in [-0.25, -0.2) is 15.0 Å². The number of hydrogen-bond acceptors (Lipinski definition) is 8. The summed E-state index contributed by atoms with van der Waals surface area (Å²) in [7, 11) is 3.06. The molecule has 1 saturated heterocycles. The Kier molecular flexibility index (Phi) is 4.11. The summed E-state index contributed by atoms with van der Waals surface area (Å²) in [6.07, 6.45) is 0.385. The third kappa shape index (κ3) is 2.61. The highest BCUT2D eigenvalue weighted by atomic mass is 16.6. The van der Waals surface area contributed by atoms with Gasteiger partial charge in [-0.1, -0.05) is 30.3 Å². The summed E-state index contributed by atoms with van der Waals surface area (Å²) < 4.78 is 16.3. The summed E-state index contributed by atoms with van der Waals surface area (Å²) in [4.78, 5) is 38.8. The number of epoxide rings is 1. The largest absolute Gasteiger partial charge is 0.493 e. The highest BCUT2D eigenvalue weighted by Crippen LogP contribution is 2.51. The van der Waals surface area contributed by atoms with Crippen molar-refractivity contribution < 1.29 is 23.8 Å². The molecule has 1 aliphatic carbocycles. The van der Waals surface area contributed by atoms with E-state index in [2.05, 4.69) is 15.0 Å². The number of benzene rings is 2. The minimum atomic E-state index is -1.18. The minimum Gasteiger partial charge on any atom is -0.493 e. The molecule has 3 aromatic rings. The first-order valence-corrected chi connectivity index (χ1v) is 9.33. The number of ketones is 2. The van der Waals surface area contributed by atoms with E-state index in [0.29, 0.717) is 28.0 Å². The van der Waals surface area contributed by atoms with E-state index < -0.39 is 11.7 Å². The summed E-state index contributed by atoms with van der Waals surface area (Å²) >= 11 is 0. The van der Waals surface area contributed by atoms with Crippen LogP contribution in [0.3, 0.4) is 0 Å². The Labute approximate surface area is 171 Å². The molecule has 30 heavy (non-hydrogen) atoms. The van der Waals surface area contributed by atoms with Crippen LogP contribution >= 0.6 is 0 Å². The van der Waals surface area contributed by atoms with E-state index in [1.165, 1.54) is 20.5 Å². The van der Waals surface area contributed by atoms with Gasteiger partial charge in [0.05, 0.1) is 31.9 Å². The zero-order valence-corrected chi connectivity index (χ0v) is 16.3. The maximum Gasteiger partial charge on any atom is 0.210 e. The predicted molar refractivity (Wildman–Crippen MR) is 107 cm³/mol. The Bertz CT molecular complexity index is 1220. The van der Waals surface area contributed by atoms with Crippen LogP contribution in [0.4, 0.5) is 5.82 Å². The molecule has 0 bridgehead atoms. The fourth-order valence-electron chi connectivity index (χ4n) is 3.87. The molecule has 0 spiro atoms. The molecular weight excluding hydrogens is 386 g/mol. The molecule has 150 valence electrons. The number of Topliss-reactive ketones (excluding diaryl/α,β-unsaturated/α-hetero) is 2. The number of rotatable bonds is 4. The van der Waals surface area contributed by atoms with Gasteiger partial charge in [0, 0.05) is 11.5 Å². The fraction of sp³-hybridized carbons (Fsp3) is 0.227. The van der Waals surface area contributed by atoms with Crippen molar-refractivity contribution >= 4 is 34.0 Å². The fourth-order valence-corrected chi connectivity index (χ4v) is 3.87. The smallest absolute Gasteiger partial charge is 0.210 e. The highest BCUT2D eigenvalue weighted by Gasteiger charge is 2.70. The van der Waals surface area contributed by atoms with Crippen molar-refractivity contribution in [3.05, 3.63) is 54.4 Å². The van der Waals surface area contributed by atoms with Gasteiger partial charge >= 0.3 is 0 Å².